The van der Waals surface area contributed by atoms with Gasteiger partial charge < -0.3 is 15.1 Å². The molecule has 0 aromatic rings. The van der Waals surface area contributed by atoms with Crippen LogP contribution < -0.4 is 5.32 Å². The van der Waals surface area contributed by atoms with Gasteiger partial charge in [0.15, 0.2) is 0 Å². The summed E-state index contributed by atoms with van der Waals surface area (Å²) in [6.45, 7) is 2.01. The molecule has 2 atom stereocenters. The van der Waals surface area contributed by atoms with Crippen LogP contribution in [0.2, 0.25) is 0 Å². The predicted octanol–water partition coefficient (Wildman–Crippen LogP) is 1.56. The van der Waals surface area contributed by atoms with Gasteiger partial charge in [0.2, 0.25) is 5.91 Å². The van der Waals surface area contributed by atoms with Gasteiger partial charge in [0.05, 0.1) is 18.6 Å². The number of amides is 4. The van der Waals surface area contributed by atoms with Crippen LogP contribution in [0.5, 0.6) is 0 Å². The molecule has 0 aromatic carbocycles. The minimum Gasteiger partial charge on any atom is -0.335 e. The van der Waals surface area contributed by atoms with Gasteiger partial charge in [-0.05, 0) is 25.7 Å². The van der Waals surface area contributed by atoms with E-state index in [1.807, 2.05) is 4.90 Å². The highest BCUT2D eigenvalue weighted by Crippen LogP contribution is 2.28. The molecule has 9 heteroatoms. The van der Waals surface area contributed by atoms with Gasteiger partial charge in [-0.1, -0.05) is 32.1 Å². The maximum atomic E-state index is 13.0. The number of carbonyl (C=O) groups excluding carboxylic acids is 4. The molecule has 0 unspecified atom stereocenters. The van der Waals surface area contributed by atoms with Crippen LogP contribution in [0.25, 0.3) is 0 Å². The molecule has 2 heterocycles. The third kappa shape index (κ3) is 4.61. The SMILES string of the molecule is O=C(N[C@H]1CCCC[C@@H]1N1CCN(C2CCCCC2)CC1=O)ON1C(=O)CCC1=O. The van der Waals surface area contributed by atoms with Crippen LogP contribution in [0.1, 0.15) is 70.6 Å². The van der Waals surface area contributed by atoms with Crippen molar-refractivity contribution in [1.82, 2.24) is 20.2 Å². The van der Waals surface area contributed by atoms with Crippen molar-refractivity contribution in [2.24, 2.45) is 0 Å². The van der Waals surface area contributed by atoms with E-state index in [9.17, 15) is 19.2 Å². The van der Waals surface area contributed by atoms with Crippen molar-refractivity contribution in [3.8, 4) is 0 Å². The van der Waals surface area contributed by atoms with Crippen molar-refractivity contribution in [2.75, 3.05) is 19.6 Å². The number of nitrogens with one attached hydrogen (secondary N) is 1. The molecule has 2 aliphatic heterocycles. The van der Waals surface area contributed by atoms with Crippen molar-refractivity contribution < 1.29 is 24.0 Å². The van der Waals surface area contributed by atoms with Gasteiger partial charge in [0, 0.05) is 32.0 Å². The largest absolute Gasteiger partial charge is 0.432 e. The number of rotatable bonds is 4. The minimum atomic E-state index is -0.802. The standard InChI is InChI=1S/C21H32N4O5/c26-18-10-11-19(27)25(18)30-21(29)22-16-8-4-5-9-17(16)24-13-12-23(14-20(24)28)15-6-2-1-3-7-15/h15-17H,1-14H2,(H,22,29)/t16-,17-/m0/s1. The fraction of sp³-hybridized carbons (Fsp3) is 0.810. The molecule has 9 nitrogen and oxygen atoms in total. The number of nitrogens with zero attached hydrogens (tertiary/aromatic N) is 3. The molecule has 0 aromatic heterocycles. The van der Waals surface area contributed by atoms with E-state index in [1.165, 1.54) is 32.1 Å². The Labute approximate surface area is 177 Å². The van der Waals surface area contributed by atoms with E-state index in [-0.39, 0.29) is 30.8 Å². The summed E-state index contributed by atoms with van der Waals surface area (Å²) in [6.07, 6.45) is 9.04. The van der Waals surface area contributed by atoms with Crippen molar-refractivity contribution in [1.29, 1.82) is 0 Å². The maximum Gasteiger partial charge on any atom is 0.432 e. The molecule has 4 amide bonds. The Kier molecular flexibility index (Phi) is 6.55. The summed E-state index contributed by atoms with van der Waals surface area (Å²) in [5.41, 5.74) is 0. The van der Waals surface area contributed by atoms with Crippen LogP contribution in [0.15, 0.2) is 0 Å². The third-order valence-electron chi connectivity index (χ3n) is 6.99. The molecule has 0 spiro atoms. The van der Waals surface area contributed by atoms with Crippen LogP contribution in [-0.2, 0) is 19.2 Å². The highest BCUT2D eigenvalue weighted by Gasteiger charge is 2.39. The number of hydroxylamine groups is 2. The van der Waals surface area contributed by atoms with E-state index < -0.39 is 17.9 Å². The smallest absolute Gasteiger partial charge is 0.335 e. The maximum absolute atomic E-state index is 13.0. The zero-order valence-electron chi connectivity index (χ0n) is 17.5. The molecule has 1 N–H and O–H groups in total. The van der Waals surface area contributed by atoms with E-state index >= 15 is 0 Å². The van der Waals surface area contributed by atoms with Crippen molar-refractivity contribution in [3.05, 3.63) is 0 Å². The van der Waals surface area contributed by atoms with Gasteiger partial charge >= 0.3 is 6.09 Å². The van der Waals surface area contributed by atoms with Crippen LogP contribution in [-0.4, -0.2) is 76.4 Å². The lowest BCUT2D eigenvalue weighted by atomic mass is 9.88. The average Bonchev–Trinajstić information content (AvgIpc) is 3.07. The molecular formula is C21H32N4O5. The molecule has 2 aliphatic carbocycles. The average molecular weight is 421 g/mol. The normalized spacial score (nSPS) is 29.4. The van der Waals surface area contributed by atoms with Crippen molar-refractivity contribution >= 4 is 23.8 Å². The van der Waals surface area contributed by atoms with E-state index in [1.54, 1.807) is 0 Å². The minimum absolute atomic E-state index is 0.0674. The van der Waals surface area contributed by atoms with E-state index in [0.717, 1.165) is 32.2 Å². The molecule has 4 rings (SSSR count). The molecule has 2 saturated heterocycles. The molecule has 4 fully saturated rings. The monoisotopic (exact) mass is 420 g/mol. The second-order valence-corrected chi connectivity index (χ2v) is 8.91. The Bertz CT molecular complexity index is 677. The summed E-state index contributed by atoms with van der Waals surface area (Å²) in [7, 11) is 0. The van der Waals surface area contributed by atoms with Gasteiger partial charge in [0.25, 0.3) is 11.8 Å². The van der Waals surface area contributed by atoms with Crippen molar-refractivity contribution in [2.45, 2.75) is 88.8 Å². The number of hydrogen-bond donors (Lipinski definition) is 1. The summed E-state index contributed by atoms with van der Waals surface area (Å²) in [4.78, 5) is 57.9. The lowest BCUT2D eigenvalue weighted by molar-refractivity contribution is -0.171. The molecule has 2 saturated carbocycles. The summed E-state index contributed by atoms with van der Waals surface area (Å²) in [5, 5.41) is 3.37. The zero-order chi connectivity index (χ0) is 21.1. The summed E-state index contributed by atoms with van der Waals surface area (Å²) < 4.78 is 0. The second-order valence-electron chi connectivity index (χ2n) is 8.91. The van der Waals surface area contributed by atoms with Crippen LogP contribution in [0, 0.1) is 0 Å². The first-order valence-electron chi connectivity index (χ1n) is 11.4. The lowest BCUT2D eigenvalue weighted by Gasteiger charge is -2.46. The molecule has 0 radical (unpaired) electrons. The Morgan fingerprint density at radius 3 is 2.20 bits per heavy atom. The van der Waals surface area contributed by atoms with E-state index in [4.69, 9.17) is 4.84 Å². The quantitative estimate of drug-likeness (QED) is 0.693. The highest BCUT2D eigenvalue weighted by molar-refractivity contribution is 6.01. The van der Waals surface area contributed by atoms with Crippen LogP contribution in [0.4, 0.5) is 4.79 Å². The van der Waals surface area contributed by atoms with Crippen molar-refractivity contribution in [3.63, 3.8) is 0 Å². The van der Waals surface area contributed by atoms with Gasteiger partial charge in [-0.3, -0.25) is 19.3 Å². The number of hydrogen-bond acceptors (Lipinski definition) is 6. The van der Waals surface area contributed by atoms with Gasteiger partial charge in [-0.2, -0.15) is 0 Å². The van der Waals surface area contributed by atoms with Crippen LogP contribution >= 0.6 is 0 Å². The first-order valence-corrected chi connectivity index (χ1v) is 11.4. The zero-order valence-corrected chi connectivity index (χ0v) is 17.5. The van der Waals surface area contributed by atoms with Gasteiger partial charge in [-0.15, -0.1) is 5.06 Å². The molecule has 166 valence electrons. The summed E-state index contributed by atoms with van der Waals surface area (Å²) >= 11 is 0. The predicted molar refractivity (Wildman–Crippen MR) is 107 cm³/mol. The van der Waals surface area contributed by atoms with E-state index in [0.29, 0.717) is 24.2 Å². The number of imide groups is 1. The topological polar surface area (TPSA) is 99.3 Å². The fourth-order valence-electron chi connectivity index (χ4n) is 5.38. The van der Waals surface area contributed by atoms with Gasteiger partial charge in [-0.25, -0.2) is 4.79 Å². The number of carbonyl (C=O) groups is 4. The Hall–Kier alpha value is -2.16. The summed E-state index contributed by atoms with van der Waals surface area (Å²) in [6, 6.07) is 0.220. The number of piperazine rings is 1. The Morgan fingerprint density at radius 2 is 1.50 bits per heavy atom. The Morgan fingerprint density at radius 1 is 0.833 bits per heavy atom. The summed E-state index contributed by atoms with van der Waals surface area (Å²) in [5.74, 6) is -0.863. The van der Waals surface area contributed by atoms with E-state index in [2.05, 4.69) is 10.2 Å². The lowest BCUT2D eigenvalue weighted by Crippen LogP contribution is -2.62. The first-order chi connectivity index (χ1) is 14.5. The Balaban J connectivity index is 1.34. The second kappa shape index (κ2) is 9.32. The highest BCUT2D eigenvalue weighted by atomic mass is 16.7. The van der Waals surface area contributed by atoms with Crippen LogP contribution in [0.3, 0.4) is 0 Å². The molecular weight excluding hydrogens is 388 g/mol. The molecule has 30 heavy (non-hydrogen) atoms. The fourth-order valence-corrected chi connectivity index (χ4v) is 5.38. The molecule has 4 aliphatic rings. The molecule has 0 bridgehead atoms. The van der Waals surface area contributed by atoms with Gasteiger partial charge in [0.1, 0.15) is 0 Å². The third-order valence-corrected chi connectivity index (χ3v) is 6.99. The first kappa shape index (κ1) is 21.1.